The molecule has 10 heteroatoms. The first-order chi connectivity index (χ1) is 17.8. The molecule has 1 aromatic heterocycles. The molecular formula is C27H30FN5O4. The monoisotopic (exact) mass is 507 g/mol. The number of primary amides is 1. The smallest absolute Gasteiger partial charge is 0.321 e. The number of carbonyl (C=O) groups excluding carboxylic acids is 3. The lowest BCUT2D eigenvalue weighted by Gasteiger charge is -2.34. The summed E-state index contributed by atoms with van der Waals surface area (Å²) in [7, 11) is 1.58. The Morgan fingerprint density at radius 1 is 1.03 bits per heavy atom. The highest BCUT2D eigenvalue weighted by atomic mass is 19.1. The van der Waals surface area contributed by atoms with E-state index in [1.54, 1.807) is 66.0 Å². The van der Waals surface area contributed by atoms with E-state index in [-0.39, 0.29) is 30.5 Å². The molecular weight excluding hydrogens is 477 g/mol. The van der Waals surface area contributed by atoms with Crippen LogP contribution in [-0.2, 0) is 6.54 Å². The van der Waals surface area contributed by atoms with Gasteiger partial charge >= 0.3 is 6.03 Å². The van der Waals surface area contributed by atoms with E-state index in [1.165, 1.54) is 12.1 Å². The van der Waals surface area contributed by atoms with E-state index >= 15 is 0 Å². The van der Waals surface area contributed by atoms with Crippen LogP contribution in [0.4, 0.5) is 14.9 Å². The SMILES string of the molecule is COc1ccc(NC(=O)N2CCN(CC(=O)c3cc(C(N)=O)c(C)n3Cc3ccccc3F)CC2)cc1. The van der Waals surface area contributed by atoms with Crippen LogP contribution in [0.5, 0.6) is 5.75 Å². The molecule has 2 aromatic carbocycles. The number of hydrogen-bond acceptors (Lipinski definition) is 5. The number of hydrogen-bond donors (Lipinski definition) is 2. The fourth-order valence-corrected chi connectivity index (χ4v) is 4.40. The van der Waals surface area contributed by atoms with Crippen molar-refractivity contribution < 1.29 is 23.5 Å². The number of aromatic nitrogens is 1. The Balaban J connectivity index is 1.40. The van der Waals surface area contributed by atoms with Crippen LogP contribution in [0, 0.1) is 12.7 Å². The van der Waals surface area contributed by atoms with Gasteiger partial charge in [0.25, 0.3) is 5.91 Å². The fraction of sp³-hybridized carbons (Fsp3) is 0.296. The van der Waals surface area contributed by atoms with Gasteiger partial charge in [-0.05, 0) is 43.3 Å². The highest BCUT2D eigenvalue weighted by molar-refractivity contribution is 6.01. The van der Waals surface area contributed by atoms with E-state index in [4.69, 9.17) is 10.5 Å². The molecule has 0 bridgehead atoms. The number of benzene rings is 2. The van der Waals surface area contributed by atoms with E-state index in [1.807, 2.05) is 4.90 Å². The van der Waals surface area contributed by atoms with Crippen LogP contribution in [0.25, 0.3) is 0 Å². The van der Waals surface area contributed by atoms with Crippen molar-refractivity contribution in [3.05, 3.63) is 82.9 Å². The van der Waals surface area contributed by atoms with Gasteiger partial charge in [0.05, 0.1) is 31.5 Å². The first-order valence-electron chi connectivity index (χ1n) is 12.0. The second-order valence-corrected chi connectivity index (χ2v) is 8.92. The van der Waals surface area contributed by atoms with E-state index < -0.39 is 11.7 Å². The summed E-state index contributed by atoms with van der Waals surface area (Å²) in [5.41, 5.74) is 7.64. The van der Waals surface area contributed by atoms with Crippen LogP contribution in [-0.4, -0.2) is 71.9 Å². The molecule has 0 spiro atoms. The number of amides is 3. The zero-order chi connectivity index (χ0) is 26.5. The lowest BCUT2D eigenvalue weighted by Crippen LogP contribution is -2.51. The van der Waals surface area contributed by atoms with E-state index in [0.29, 0.717) is 54.6 Å². The molecule has 0 radical (unpaired) electrons. The van der Waals surface area contributed by atoms with Gasteiger partial charge in [-0.3, -0.25) is 14.5 Å². The number of piperazine rings is 1. The molecule has 9 nitrogen and oxygen atoms in total. The van der Waals surface area contributed by atoms with E-state index in [2.05, 4.69) is 5.32 Å². The number of ether oxygens (including phenoxy) is 1. The van der Waals surface area contributed by atoms with Gasteiger partial charge < -0.3 is 25.3 Å². The van der Waals surface area contributed by atoms with Gasteiger partial charge in [0.15, 0.2) is 5.78 Å². The first-order valence-corrected chi connectivity index (χ1v) is 12.0. The van der Waals surface area contributed by atoms with Crippen molar-refractivity contribution in [3.63, 3.8) is 0 Å². The summed E-state index contributed by atoms with van der Waals surface area (Å²) in [5.74, 6) is -0.536. The Labute approximate surface area is 214 Å². The molecule has 2 heterocycles. The first kappa shape index (κ1) is 25.9. The number of methoxy groups -OCH3 is 1. The molecule has 0 unspecified atom stereocenters. The topological polar surface area (TPSA) is 110 Å². The van der Waals surface area contributed by atoms with Crippen molar-refractivity contribution in [1.82, 2.24) is 14.4 Å². The summed E-state index contributed by atoms with van der Waals surface area (Å²) < 4.78 is 21.1. The second-order valence-electron chi connectivity index (χ2n) is 8.92. The number of rotatable bonds is 8. The Morgan fingerprint density at radius 2 is 1.70 bits per heavy atom. The maximum Gasteiger partial charge on any atom is 0.321 e. The number of halogens is 1. The highest BCUT2D eigenvalue weighted by Gasteiger charge is 2.26. The van der Waals surface area contributed by atoms with Crippen molar-refractivity contribution in [2.75, 3.05) is 45.2 Å². The van der Waals surface area contributed by atoms with Crippen molar-refractivity contribution >= 4 is 23.4 Å². The van der Waals surface area contributed by atoms with Crippen LogP contribution in [0.15, 0.2) is 54.6 Å². The number of carbonyl (C=O) groups is 3. The third-order valence-corrected chi connectivity index (χ3v) is 6.57. The van der Waals surface area contributed by atoms with Crippen molar-refractivity contribution in [2.24, 2.45) is 5.73 Å². The largest absolute Gasteiger partial charge is 0.497 e. The van der Waals surface area contributed by atoms with Gasteiger partial charge in [0, 0.05) is 43.1 Å². The quantitative estimate of drug-likeness (QED) is 0.456. The van der Waals surface area contributed by atoms with Crippen molar-refractivity contribution in [3.8, 4) is 5.75 Å². The fourth-order valence-electron chi connectivity index (χ4n) is 4.40. The molecule has 1 fully saturated rings. The zero-order valence-electron chi connectivity index (χ0n) is 20.9. The molecule has 3 N–H and O–H groups in total. The Hall–Kier alpha value is -4.18. The number of nitrogens with two attached hydrogens (primary N) is 1. The molecule has 3 amide bonds. The minimum atomic E-state index is -0.643. The third-order valence-electron chi connectivity index (χ3n) is 6.57. The molecule has 1 aliphatic heterocycles. The lowest BCUT2D eigenvalue weighted by atomic mass is 10.2. The summed E-state index contributed by atoms with van der Waals surface area (Å²) in [6.45, 7) is 3.83. The predicted molar refractivity (Wildman–Crippen MR) is 138 cm³/mol. The van der Waals surface area contributed by atoms with E-state index in [9.17, 15) is 18.8 Å². The van der Waals surface area contributed by atoms with Crippen LogP contribution in [0.2, 0.25) is 0 Å². The highest BCUT2D eigenvalue weighted by Crippen LogP contribution is 2.20. The third kappa shape index (κ3) is 5.97. The summed E-state index contributed by atoms with van der Waals surface area (Å²) in [5, 5.41) is 2.87. The maximum absolute atomic E-state index is 14.3. The van der Waals surface area contributed by atoms with Gasteiger partial charge in [0.1, 0.15) is 11.6 Å². The average molecular weight is 508 g/mol. The number of nitrogens with one attached hydrogen (secondary N) is 1. The predicted octanol–water partition coefficient (Wildman–Crippen LogP) is 3.12. The number of nitrogens with zero attached hydrogens (tertiary/aromatic N) is 3. The van der Waals surface area contributed by atoms with Crippen molar-refractivity contribution in [2.45, 2.75) is 13.5 Å². The average Bonchev–Trinajstić information content (AvgIpc) is 3.22. The summed E-state index contributed by atoms with van der Waals surface area (Å²) in [6, 6.07) is 14.7. The van der Waals surface area contributed by atoms with Gasteiger partial charge in [-0.2, -0.15) is 0 Å². The van der Waals surface area contributed by atoms with Crippen molar-refractivity contribution in [1.29, 1.82) is 0 Å². The molecule has 4 rings (SSSR count). The Morgan fingerprint density at radius 3 is 2.32 bits per heavy atom. The molecule has 0 saturated carbocycles. The second kappa shape index (κ2) is 11.3. The van der Waals surface area contributed by atoms with Gasteiger partial charge in [-0.15, -0.1) is 0 Å². The summed E-state index contributed by atoms with van der Waals surface area (Å²) in [6.07, 6.45) is 0. The Bertz CT molecular complexity index is 1300. The van der Waals surface area contributed by atoms with Crippen LogP contribution in [0.1, 0.15) is 32.1 Å². The molecule has 194 valence electrons. The van der Waals surface area contributed by atoms with Gasteiger partial charge in [-0.25, -0.2) is 9.18 Å². The molecule has 1 saturated heterocycles. The minimum Gasteiger partial charge on any atom is -0.497 e. The number of Topliss-reactive ketones (excluding diaryl/α,β-unsaturated/α-hetero) is 1. The summed E-state index contributed by atoms with van der Waals surface area (Å²) in [4.78, 5) is 41.5. The van der Waals surface area contributed by atoms with E-state index in [0.717, 1.165) is 0 Å². The minimum absolute atomic E-state index is 0.103. The normalized spacial score (nSPS) is 13.9. The standard InChI is InChI=1S/C27H30FN5O4/c1-18-22(26(29)35)15-24(33(18)16-19-5-3-4-6-23(19)28)25(34)17-31-11-13-32(14-12-31)27(36)30-20-7-9-21(37-2)10-8-20/h3-10,15H,11-14,16-17H2,1-2H3,(H2,29,35)(H,30,36). The summed E-state index contributed by atoms with van der Waals surface area (Å²) >= 11 is 0. The van der Waals surface area contributed by atoms with Gasteiger partial charge in [-0.1, -0.05) is 18.2 Å². The number of anilines is 1. The molecule has 1 aliphatic rings. The number of urea groups is 1. The van der Waals surface area contributed by atoms with Gasteiger partial charge in [0.2, 0.25) is 0 Å². The zero-order valence-corrected chi connectivity index (χ0v) is 20.9. The number of ketones is 1. The molecule has 37 heavy (non-hydrogen) atoms. The van der Waals surface area contributed by atoms with Crippen LogP contribution < -0.4 is 15.8 Å². The van der Waals surface area contributed by atoms with Crippen LogP contribution in [0.3, 0.4) is 0 Å². The molecule has 0 atom stereocenters. The Kier molecular flexibility index (Phi) is 7.88. The maximum atomic E-state index is 14.3. The van der Waals surface area contributed by atoms with Crippen LogP contribution >= 0.6 is 0 Å². The molecule has 3 aromatic rings. The lowest BCUT2D eigenvalue weighted by molar-refractivity contribution is 0.0874. The molecule has 0 aliphatic carbocycles.